The summed E-state index contributed by atoms with van der Waals surface area (Å²) >= 11 is 5.53. The highest BCUT2D eigenvalue weighted by Crippen LogP contribution is 2.36. The van der Waals surface area contributed by atoms with Gasteiger partial charge in [-0.3, -0.25) is 0 Å². The number of rotatable bonds is 3. The summed E-state index contributed by atoms with van der Waals surface area (Å²) in [5, 5.41) is 10.4. The summed E-state index contributed by atoms with van der Waals surface area (Å²) in [6.45, 7) is 1.80. The molecule has 0 radical (unpaired) electrons. The Morgan fingerprint density at radius 2 is 2.00 bits per heavy atom. The van der Waals surface area contributed by atoms with Crippen LogP contribution in [0, 0.1) is 0 Å². The van der Waals surface area contributed by atoms with Gasteiger partial charge in [-0.25, -0.2) is 0 Å². The summed E-state index contributed by atoms with van der Waals surface area (Å²) < 4.78 is 1.02. The maximum atomic E-state index is 9.58. The van der Waals surface area contributed by atoms with Crippen LogP contribution in [0.1, 0.15) is 50.7 Å². The highest BCUT2D eigenvalue weighted by Gasteiger charge is 2.15. The number of hydrogen-bond acceptors (Lipinski definition) is 2. The van der Waals surface area contributed by atoms with E-state index in [0.717, 1.165) is 15.3 Å². The summed E-state index contributed by atoms with van der Waals surface area (Å²) in [6.07, 6.45) is 6.45. The summed E-state index contributed by atoms with van der Waals surface area (Å²) in [6, 6.07) is 6.30. The van der Waals surface area contributed by atoms with Gasteiger partial charge in [0.1, 0.15) is 0 Å². The molecule has 2 rings (SSSR count). The van der Waals surface area contributed by atoms with Crippen LogP contribution in [0.15, 0.2) is 27.6 Å². The predicted molar refractivity (Wildman–Crippen MR) is 77.5 cm³/mol. The highest BCUT2D eigenvalue weighted by molar-refractivity contribution is 9.10. The van der Waals surface area contributed by atoms with E-state index >= 15 is 0 Å². The summed E-state index contributed by atoms with van der Waals surface area (Å²) in [5.41, 5.74) is 0.970. The Hall–Kier alpha value is 0.01000. The number of benzene rings is 1. The molecule has 1 N–H and O–H groups in total. The third kappa shape index (κ3) is 3.73. The third-order valence-corrected chi connectivity index (χ3v) is 5.29. The van der Waals surface area contributed by atoms with Crippen molar-refractivity contribution in [1.82, 2.24) is 0 Å². The van der Waals surface area contributed by atoms with Gasteiger partial charge in [0.05, 0.1) is 6.10 Å². The monoisotopic (exact) mass is 314 g/mol. The average Bonchev–Trinajstić information content (AvgIpc) is 2.30. The SMILES string of the molecule is CC(O)c1ccc(SC2CCCCC2)cc1Br. The lowest BCUT2D eigenvalue weighted by Gasteiger charge is -2.21. The molecule has 94 valence electrons. The Bertz CT molecular complexity index is 372. The Morgan fingerprint density at radius 3 is 2.59 bits per heavy atom. The Labute approximate surface area is 116 Å². The van der Waals surface area contributed by atoms with E-state index in [4.69, 9.17) is 0 Å². The van der Waals surface area contributed by atoms with Crippen LogP contribution in [0.4, 0.5) is 0 Å². The lowest BCUT2D eigenvalue weighted by molar-refractivity contribution is 0.198. The summed E-state index contributed by atoms with van der Waals surface area (Å²) in [4.78, 5) is 1.31. The standard InChI is InChI=1S/C14H19BrOS/c1-10(16)13-8-7-12(9-14(13)15)17-11-5-3-2-4-6-11/h7-11,16H,2-6H2,1H3. The first-order valence-electron chi connectivity index (χ1n) is 6.31. The minimum absolute atomic E-state index is 0.405. The topological polar surface area (TPSA) is 20.2 Å². The fraction of sp³-hybridized carbons (Fsp3) is 0.571. The molecule has 0 aromatic heterocycles. The van der Waals surface area contributed by atoms with E-state index in [0.29, 0.717) is 0 Å². The molecule has 0 bridgehead atoms. The molecule has 0 saturated heterocycles. The molecule has 1 fully saturated rings. The van der Waals surface area contributed by atoms with Crippen molar-refractivity contribution in [1.29, 1.82) is 0 Å². The van der Waals surface area contributed by atoms with Gasteiger partial charge in [0.15, 0.2) is 0 Å². The molecule has 1 aromatic carbocycles. The van der Waals surface area contributed by atoms with Crippen molar-refractivity contribution in [3.63, 3.8) is 0 Å². The van der Waals surface area contributed by atoms with Gasteiger partial charge in [0, 0.05) is 14.6 Å². The van der Waals surface area contributed by atoms with Gasteiger partial charge in [-0.1, -0.05) is 41.3 Å². The number of aliphatic hydroxyl groups is 1. The maximum absolute atomic E-state index is 9.58. The first-order chi connectivity index (χ1) is 8.16. The molecule has 1 nitrogen and oxygen atoms in total. The second kappa shape index (κ2) is 6.26. The van der Waals surface area contributed by atoms with E-state index in [2.05, 4.69) is 28.1 Å². The van der Waals surface area contributed by atoms with Crippen LogP contribution >= 0.6 is 27.7 Å². The molecule has 1 unspecified atom stereocenters. The van der Waals surface area contributed by atoms with Crippen molar-refractivity contribution in [2.24, 2.45) is 0 Å². The van der Waals surface area contributed by atoms with Crippen LogP contribution in [-0.2, 0) is 0 Å². The van der Waals surface area contributed by atoms with Crippen LogP contribution in [0.25, 0.3) is 0 Å². The molecule has 1 atom stereocenters. The van der Waals surface area contributed by atoms with Gasteiger partial charge in [-0.15, -0.1) is 11.8 Å². The van der Waals surface area contributed by atoms with E-state index in [9.17, 15) is 5.11 Å². The summed E-state index contributed by atoms with van der Waals surface area (Å²) in [7, 11) is 0. The molecule has 1 saturated carbocycles. The van der Waals surface area contributed by atoms with E-state index in [-0.39, 0.29) is 0 Å². The largest absolute Gasteiger partial charge is 0.389 e. The van der Waals surface area contributed by atoms with Crippen LogP contribution in [0.2, 0.25) is 0 Å². The molecule has 0 aliphatic heterocycles. The van der Waals surface area contributed by atoms with Crippen molar-refractivity contribution < 1.29 is 5.11 Å². The molecular formula is C14H19BrOS. The van der Waals surface area contributed by atoms with Gasteiger partial charge in [0.25, 0.3) is 0 Å². The highest BCUT2D eigenvalue weighted by atomic mass is 79.9. The number of aliphatic hydroxyl groups excluding tert-OH is 1. The van der Waals surface area contributed by atoms with Crippen LogP contribution in [0.5, 0.6) is 0 Å². The molecule has 1 aromatic rings. The zero-order chi connectivity index (χ0) is 12.3. The van der Waals surface area contributed by atoms with Gasteiger partial charge >= 0.3 is 0 Å². The van der Waals surface area contributed by atoms with E-state index in [1.165, 1.54) is 37.0 Å². The third-order valence-electron chi connectivity index (χ3n) is 3.28. The second-order valence-corrected chi connectivity index (χ2v) is 6.97. The molecule has 1 aliphatic carbocycles. The van der Waals surface area contributed by atoms with E-state index < -0.39 is 6.10 Å². The first kappa shape index (κ1) is 13.4. The van der Waals surface area contributed by atoms with E-state index in [1.54, 1.807) is 6.92 Å². The van der Waals surface area contributed by atoms with Crippen molar-refractivity contribution >= 4 is 27.7 Å². The number of hydrogen-bond donors (Lipinski definition) is 1. The Kier molecular flexibility index (Phi) is 4.95. The zero-order valence-corrected chi connectivity index (χ0v) is 12.6. The fourth-order valence-corrected chi connectivity index (χ4v) is 4.44. The molecule has 0 heterocycles. The smallest absolute Gasteiger partial charge is 0.0772 e. The fourth-order valence-electron chi connectivity index (χ4n) is 2.30. The first-order valence-corrected chi connectivity index (χ1v) is 7.98. The number of halogens is 1. The lowest BCUT2D eigenvalue weighted by atomic mass is 10.0. The molecule has 0 amide bonds. The molecule has 17 heavy (non-hydrogen) atoms. The van der Waals surface area contributed by atoms with Gasteiger partial charge in [0.2, 0.25) is 0 Å². The Balaban J connectivity index is 2.04. The van der Waals surface area contributed by atoms with Gasteiger partial charge in [-0.05, 0) is 37.5 Å². The molecule has 3 heteroatoms. The maximum Gasteiger partial charge on any atom is 0.0772 e. The van der Waals surface area contributed by atoms with Crippen molar-refractivity contribution in [2.45, 2.75) is 55.3 Å². The quantitative estimate of drug-likeness (QED) is 0.853. The zero-order valence-electron chi connectivity index (χ0n) is 10.2. The Morgan fingerprint density at radius 1 is 1.29 bits per heavy atom. The average molecular weight is 315 g/mol. The van der Waals surface area contributed by atoms with Crippen molar-refractivity contribution in [3.8, 4) is 0 Å². The lowest BCUT2D eigenvalue weighted by Crippen LogP contribution is -2.07. The minimum Gasteiger partial charge on any atom is -0.389 e. The van der Waals surface area contributed by atoms with Gasteiger partial charge < -0.3 is 5.11 Å². The normalized spacial score (nSPS) is 19.2. The van der Waals surface area contributed by atoms with Crippen LogP contribution < -0.4 is 0 Å². The number of thioether (sulfide) groups is 1. The molecule has 0 spiro atoms. The summed E-state index contributed by atoms with van der Waals surface area (Å²) in [5.74, 6) is 0. The van der Waals surface area contributed by atoms with Crippen molar-refractivity contribution in [2.75, 3.05) is 0 Å². The predicted octanol–water partition coefficient (Wildman–Crippen LogP) is 4.93. The molecule has 1 aliphatic rings. The minimum atomic E-state index is -0.405. The van der Waals surface area contributed by atoms with Crippen LogP contribution in [0.3, 0.4) is 0 Å². The van der Waals surface area contributed by atoms with Gasteiger partial charge in [-0.2, -0.15) is 0 Å². The van der Waals surface area contributed by atoms with Crippen LogP contribution in [-0.4, -0.2) is 10.4 Å². The van der Waals surface area contributed by atoms with Crippen molar-refractivity contribution in [3.05, 3.63) is 28.2 Å². The molecular weight excluding hydrogens is 296 g/mol. The van der Waals surface area contributed by atoms with E-state index in [1.807, 2.05) is 17.8 Å². The second-order valence-electron chi connectivity index (χ2n) is 4.74.